The van der Waals surface area contributed by atoms with Gasteiger partial charge in [0.15, 0.2) is 0 Å². The van der Waals surface area contributed by atoms with Crippen molar-refractivity contribution in [1.82, 2.24) is 0 Å². The van der Waals surface area contributed by atoms with Crippen LogP contribution in [0, 0.1) is 0 Å². The maximum absolute atomic E-state index is 10.8. The number of anilines is 1. The largest absolute Gasteiger partial charge is 0.388 e. The minimum atomic E-state index is -0.202. The number of benzene rings is 1. The van der Waals surface area contributed by atoms with Crippen LogP contribution in [0.5, 0.6) is 0 Å². The van der Waals surface area contributed by atoms with Gasteiger partial charge in [-0.3, -0.25) is 0 Å². The van der Waals surface area contributed by atoms with E-state index < -0.39 is 0 Å². The lowest BCUT2D eigenvalue weighted by Gasteiger charge is -2.23. The van der Waals surface area contributed by atoms with Crippen molar-refractivity contribution in [2.75, 3.05) is 19.5 Å². The van der Waals surface area contributed by atoms with Crippen LogP contribution in [-0.4, -0.2) is 14.2 Å². The Morgan fingerprint density at radius 2 is 1.83 bits per heavy atom. The highest BCUT2D eigenvalue weighted by molar-refractivity contribution is 5.44. The molecule has 2 nitrogen and oxygen atoms in total. The predicted molar refractivity (Wildman–Crippen MR) is 76.6 cm³/mol. The molecule has 3 heteroatoms. The monoisotopic (exact) mass is 253 g/mol. The van der Waals surface area contributed by atoms with Gasteiger partial charge in [-0.25, -0.2) is 4.39 Å². The zero-order chi connectivity index (χ0) is 14.0. The van der Waals surface area contributed by atoms with Crippen molar-refractivity contribution < 1.29 is 9.13 Å². The summed E-state index contributed by atoms with van der Waals surface area (Å²) in [6.07, 6.45) is 2.80. The lowest BCUT2D eigenvalue weighted by atomic mass is 9.98. The molecule has 0 bridgehead atoms. The van der Waals surface area contributed by atoms with E-state index >= 15 is 0 Å². The van der Waals surface area contributed by atoms with Gasteiger partial charge in [-0.15, -0.1) is 0 Å². The van der Waals surface area contributed by atoms with Crippen molar-refractivity contribution in [3.8, 4) is 0 Å². The average Bonchev–Trinajstić information content (AvgIpc) is 2.40. The van der Waals surface area contributed by atoms with E-state index in [1.54, 1.807) is 7.11 Å². The van der Waals surface area contributed by atoms with Crippen LogP contribution in [0.2, 0.25) is 0 Å². The van der Waals surface area contributed by atoms with E-state index in [2.05, 4.69) is 43.4 Å². The topological polar surface area (TPSA) is 21.3 Å². The Hall–Kier alpha value is -1.35. The molecule has 0 atom stereocenters. The number of allylic oxidation sites excluding steroid dienone is 1. The molecule has 0 amide bonds. The molecule has 0 aliphatic carbocycles. The maximum Gasteiger partial charge on any atom is 0.0871 e. The van der Waals surface area contributed by atoms with E-state index in [1.807, 2.05) is 14.0 Å². The van der Waals surface area contributed by atoms with Gasteiger partial charge in [0.1, 0.15) is 0 Å². The van der Waals surface area contributed by atoms with E-state index in [9.17, 15) is 4.39 Å². The van der Waals surface area contributed by atoms with Gasteiger partial charge in [-0.1, -0.05) is 25.1 Å². The summed E-state index contributed by atoms with van der Waals surface area (Å²) in [7, 11) is 3.64. The highest BCUT2D eigenvalue weighted by Gasteiger charge is 2.18. The highest BCUT2D eigenvalue weighted by Crippen LogP contribution is 2.24. The summed E-state index contributed by atoms with van der Waals surface area (Å²) in [6.45, 7) is 6.00. The number of nitrogens with one attached hydrogen (secondary N) is 1. The fourth-order valence-corrected chi connectivity index (χ4v) is 1.25. The van der Waals surface area contributed by atoms with Crippen LogP contribution in [0.25, 0.3) is 0 Å². The van der Waals surface area contributed by atoms with E-state index in [1.165, 1.54) is 11.6 Å². The number of rotatable bonds is 4. The third kappa shape index (κ3) is 5.82. The minimum absolute atomic E-state index is 0.202. The quantitative estimate of drug-likeness (QED) is 0.853. The molecular weight excluding hydrogens is 229 g/mol. The summed E-state index contributed by atoms with van der Waals surface area (Å²) >= 11 is 0. The number of methoxy groups -OCH3 is 1. The van der Waals surface area contributed by atoms with E-state index in [0.717, 1.165) is 12.1 Å². The summed E-state index contributed by atoms with van der Waals surface area (Å²) < 4.78 is 16.2. The molecule has 1 aromatic rings. The Labute approximate surface area is 110 Å². The molecule has 0 saturated carbocycles. The molecule has 1 aromatic carbocycles. The molecular formula is C15H24FNO. The third-order valence-electron chi connectivity index (χ3n) is 2.70. The first-order valence-electron chi connectivity index (χ1n) is 6.10. The summed E-state index contributed by atoms with van der Waals surface area (Å²) in [5.74, 6) is 0. The Balaban J connectivity index is 0.000000494. The van der Waals surface area contributed by atoms with Gasteiger partial charge in [0.25, 0.3) is 0 Å². The van der Waals surface area contributed by atoms with Crippen LogP contribution in [0.1, 0.15) is 32.8 Å². The van der Waals surface area contributed by atoms with Gasteiger partial charge in [0.2, 0.25) is 0 Å². The Morgan fingerprint density at radius 3 is 2.11 bits per heavy atom. The van der Waals surface area contributed by atoms with Crippen molar-refractivity contribution >= 4 is 5.69 Å². The zero-order valence-corrected chi connectivity index (χ0v) is 12.0. The van der Waals surface area contributed by atoms with E-state index in [0.29, 0.717) is 6.33 Å². The normalized spacial score (nSPS) is 11.0. The van der Waals surface area contributed by atoms with Crippen LogP contribution < -0.4 is 5.32 Å². The molecule has 0 aliphatic rings. The smallest absolute Gasteiger partial charge is 0.0871 e. The van der Waals surface area contributed by atoms with Gasteiger partial charge in [-0.2, -0.15) is 0 Å². The van der Waals surface area contributed by atoms with Crippen molar-refractivity contribution in [2.45, 2.75) is 32.8 Å². The first kappa shape index (κ1) is 16.6. The second kappa shape index (κ2) is 8.70. The molecule has 0 spiro atoms. The van der Waals surface area contributed by atoms with Gasteiger partial charge in [0, 0.05) is 19.8 Å². The fourth-order valence-electron chi connectivity index (χ4n) is 1.25. The zero-order valence-electron chi connectivity index (χ0n) is 12.0. The lowest BCUT2D eigenvalue weighted by Crippen LogP contribution is -2.19. The van der Waals surface area contributed by atoms with Crippen LogP contribution in [0.4, 0.5) is 10.1 Å². The van der Waals surface area contributed by atoms with E-state index in [4.69, 9.17) is 4.74 Å². The minimum Gasteiger partial charge on any atom is -0.388 e. The predicted octanol–water partition coefficient (Wildman–Crippen LogP) is 4.49. The van der Waals surface area contributed by atoms with Crippen LogP contribution >= 0.6 is 0 Å². The van der Waals surface area contributed by atoms with Gasteiger partial charge in [-0.05, 0) is 38.0 Å². The van der Waals surface area contributed by atoms with Crippen LogP contribution in [-0.2, 0) is 10.3 Å². The molecule has 0 aromatic heterocycles. The lowest BCUT2D eigenvalue weighted by molar-refractivity contribution is 0.0192. The van der Waals surface area contributed by atoms with Crippen molar-refractivity contribution in [2.24, 2.45) is 0 Å². The second-order valence-corrected chi connectivity index (χ2v) is 4.31. The highest BCUT2D eigenvalue weighted by atomic mass is 19.1. The number of hydrogen-bond acceptors (Lipinski definition) is 2. The Bertz CT molecular complexity index is 344. The summed E-state index contributed by atoms with van der Waals surface area (Å²) in [5, 5.41) is 3.08. The van der Waals surface area contributed by atoms with Gasteiger partial charge in [0.05, 0.1) is 11.9 Å². The molecule has 0 saturated heterocycles. The number of halogens is 1. The first-order chi connectivity index (χ1) is 8.51. The molecule has 102 valence electrons. The van der Waals surface area contributed by atoms with Crippen LogP contribution in [0.15, 0.2) is 36.7 Å². The number of ether oxygens (including phenoxy) is 1. The second-order valence-electron chi connectivity index (χ2n) is 4.31. The molecule has 0 fully saturated rings. The van der Waals surface area contributed by atoms with Gasteiger partial charge < -0.3 is 10.1 Å². The van der Waals surface area contributed by atoms with Crippen molar-refractivity contribution in [1.29, 1.82) is 0 Å². The SMILES string of the molecule is CC/C=C/F.CNc1ccc(C(C)(C)OC)cc1. The molecule has 0 heterocycles. The van der Waals surface area contributed by atoms with Crippen molar-refractivity contribution in [3.63, 3.8) is 0 Å². The third-order valence-corrected chi connectivity index (χ3v) is 2.70. The summed E-state index contributed by atoms with van der Waals surface area (Å²) in [5.41, 5.74) is 2.11. The molecule has 0 aliphatic heterocycles. The van der Waals surface area contributed by atoms with Gasteiger partial charge >= 0.3 is 0 Å². The summed E-state index contributed by atoms with van der Waals surface area (Å²) in [6, 6.07) is 8.26. The number of hydrogen-bond donors (Lipinski definition) is 1. The van der Waals surface area contributed by atoms with Crippen LogP contribution in [0.3, 0.4) is 0 Å². The van der Waals surface area contributed by atoms with Crippen molar-refractivity contribution in [3.05, 3.63) is 42.2 Å². The average molecular weight is 253 g/mol. The molecule has 1 rings (SSSR count). The standard InChI is InChI=1S/C11H17NO.C4H7F/c1-11(2,13-4)9-5-7-10(12-3)8-6-9;1-2-3-4-5/h5-8,12H,1-4H3;3-4H,2H2,1H3/b;4-3+. The first-order valence-corrected chi connectivity index (χ1v) is 6.10. The maximum atomic E-state index is 10.8. The Morgan fingerprint density at radius 1 is 1.28 bits per heavy atom. The molecule has 0 radical (unpaired) electrons. The molecule has 0 unspecified atom stereocenters. The van der Waals surface area contributed by atoms with E-state index in [-0.39, 0.29) is 5.60 Å². The Kier molecular flexibility index (Phi) is 8.05. The summed E-state index contributed by atoms with van der Waals surface area (Å²) in [4.78, 5) is 0. The molecule has 18 heavy (non-hydrogen) atoms. The molecule has 1 N–H and O–H groups in total. The fraction of sp³-hybridized carbons (Fsp3) is 0.467.